The molecular weight excluding hydrogens is 301 g/mol. The number of rotatable bonds is 7. The van der Waals surface area contributed by atoms with Gasteiger partial charge in [-0.15, -0.1) is 12.4 Å². The molecule has 0 aliphatic heterocycles. The monoisotopic (exact) mass is 323 g/mol. The zero-order valence-corrected chi connectivity index (χ0v) is 13.8. The van der Waals surface area contributed by atoms with E-state index in [0.717, 1.165) is 24.4 Å². The van der Waals surface area contributed by atoms with Crippen LogP contribution in [0.1, 0.15) is 25.0 Å². The predicted molar refractivity (Wildman–Crippen MR) is 91.0 cm³/mol. The van der Waals surface area contributed by atoms with E-state index in [9.17, 15) is 4.39 Å². The van der Waals surface area contributed by atoms with Crippen LogP contribution in [0.3, 0.4) is 0 Å². The fraction of sp³-hybridized carbons (Fsp3) is 0.333. The fourth-order valence-electron chi connectivity index (χ4n) is 2.00. The molecular formula is C18H23ClFNO. The van der Waals surface area contributed by atoms with Crippen LogP contribution in [-0.4, -0.2) is 6.54 Å². The van der Waals surface area contributed by atoms with Gasteiger partial charge in [0.1, 0.15) is 18.2 Å². The highest BCUT2D eigenvalue weighted by Gasteiger charge is 2.00. The van der Waals surface area contributed by atoms with Crippen LogP contribution < -0.4 is 10.1 Å². The quantitative estimate of drug-likeness (QED) is 0.805. The topological polar surface area (TPSA) is 21.3 Å². The van der Waals surface area contributed by atoms with Gasteiger partial charge in [-0.05, 0) is 47.9 Å². The maximum atomic E-state index is 12.8. The molecule has 0 aliphatic carbocycles. The summed E-state index contributed by atoms with van der Waals surface area (Å²) in [6.45, 7) is 6.67. The SMILES string of the molecule is CC(C)CNCc1cccc(OCc2ccc(F)cc2)c1.Cl. The Morgan fingerprint density at radius 2 is 1.77 bits per heavy atom. The Labute approximate surface area is 138 Å². The van der Waals surface area contributed by atoms with Gasteiger partial charge in [0.2, 0.25) is 0 Å². The molecule has 0 saturated carbocycles. The fourth-order valence-corrected chi connectivity index (χ4v) is 2.00. The van der Waals surface area contributed by atoms with Crippen LogP contribution in [0.2, 0.25) is 0 Å². The zero-order chi connectivity index (χ0) is 15.1. The van der Waals surface area contributed by atoms with E-state index in [2.05, 4.69) is 25.2 Å². The molecule has 2 nitrogen and oxygen atoms in total. The molecule has 4 heteroatoms. The lowest BCUT2D eigenvalue weighted by Crippen LogP contribution is -2.18. The number of ether oxygens (including phenoxy) is 1. The maximum absolute atomic E-state index is 12.8. The Hall–Kier alpha value is -1.58. The molecule has 0 heterocycles. The summed E-state index contributed by atoms with van der Waals surface area (Å²) < 4.78 is 18.6. The molecule has 120 valence electrons. The van der Waals surface area contributed by atoms with Crippen LogP contribution >= 0.6 is 12.4 Å². The number of nitrogens with one attached hydrogen (secondary N) is 1. The Balaban J connectivity index is 0.00000242. The lowest BCUT2D eigenvalue weighted by molar-refractivity contribution is 0.305. The second-order valence-electron chi connectivity index (χ2n) is 5.59. The first-order valence-electron chi connectivity index (χ1n) is 7.30. The van der Waals surface area contributed by atoms with Crippen LogP contribution in [0.4, 0.5) is 4.39 Å². The minimum atomic E-state index is -0.225. The van der Waals surface area contributed by atoms with Gasteiger partial charge in [0, 0.05) is 6.54 Å². The van der Waals surface area contributed by atoms with Crippen molar-refractivity contribution in [2.24, 2.45) is 5.92 Å². The van der Waals surface area contributed by atoms with Gasteiger partial charge in [-0.25, -0.2) is 4.39 Å². The highest BCUT2D eigenvalue weighted by Crippen LogP contribution is 2.15. The van der Waals surface area contributed by atoms with E-state index in [-0.39, 0.29) is 18.2 Å². The highest BCUT2D eigenvalue weighted by atomic mass is 35.5. The zero-order valence-electron chi connectivity index (χ0n) is 13.0. The van der Waals surface area contributed by atoms with Gasteiger partial charge in [-0.1, -0.05) is 38.1 Å². The molecule has 0 aliphatic rings. The van der Waals surface area contributed by atoms with E-state index in [1.807, 2.05) is 18.2 Å². The molecule has 0 amide bonds. The summed E-state index contributed by atoms with van der Waals surface area (Å²) in [6, 6.07) is 14.4. The first kappa shape index (κ1) is 18.5. The molecule has 0 spiro atoms. The molecule has 2 aromatic rings. The van der Waals surface area contributed by atoms with Crippen molar-refractivity contribution in [3.05, 3.63) is 65.5 Å². The standard InChI is InChI=1S/C18H22FNO.ClH/c1-14(2)11-20-12-16-4-3-5-18(10-16)21-13-15-6-8-17(19)9-7-15;/h3-10,14,20H,11-13H2,1-2H3;1H. The summed E-state index contributed by atoms with van der Waals surface area (Å²) in [5.74, 6) is 1.25. The van der Waals surface area contributed by atoms with Gasteiger partial charge in [0.15, 0.2) is 0 Å². The summed E-state index contributed by atoms with van der Waals surface area (Å²) in [6.07, 6.45) is 0. The Bertz CT molecular complexity index is 557. The molecule has 1 N–H and O–H groups in total. The molecule has 0 atom stereocenters. The van der Waals surface area contributed by atoms with E-state index >= 15 is 0 Å². The lowest BCUT2D eigenvalue weighted by atomic mass is 10.2. The van der Waals surface area contributed by atoms with Crippen molar-refractivity contribution < 1.29 is 9.13 Å². The predicted octanol–water partition coefficient (Wildman–Crippen LogP) is 4.57. The Morgan fingerprint density at radius 3 is 2.45 bits per heavy atom. The molecule has 0 saturated heterocycles. The van der Waals surface area contributed by atoms with Gasteiger partial charge in [-0.2, -0.15) is 0 Å². The summed E-state index contributed by atoms with van der Waals surface area (Å²) in [7, 11) is 0. The summed E-state index contributed by atoms with van der Waals surface area (Å²) >= 11 is 0. The van der Waals surface area contributed by atoms with Gasteiger partial charge in [0.05, 0.1) is 0 Å². The number of hydrogen-bond acceptors (Lipinski definition) is 2. The number of hydrogen-bond donors (Lipinski definition) is 1. The largest absolute Gasteiger partial charge is 0.489 e. The van der Waals surface area contributed by atoms with Crippen molar-refractivity contribution in [1.82, 2.24) is 5.32 Å². The van der Waals surface area contributed by atoms with E-state index in [4.69, 9.17) is 4.74 Å². The molecule has 0 bridgehead atoms. The molecule has 0 fully saturated rings. The molecule has 0 radical (unpaired) electrons. The van der Waals surface area contributed by atoms with Crippen molar-refractivity contribution in [2.75, 3.05) is 6.54 Å². The van der Waals surface area contributed by atoms with Crippen molar-refractivity contribution in [3.63, 3.8) is 0 Å². The average molecular weight is 324 g/mol. The van der Waals surface area contributed by atoms with Crippen molar-refractivity contribution in [3.8, 4) is 5.75 Å². The van der Waals surface area contributed by atoms with Gasteiger partial charge in [0.25, 0.3) is 0 Å². The van der Waals surface area contributed by atoms with E-state index in [1.54, 1.807) is 12.1 Å². The van der Waals surface area contributed by atoms with E-state index < -0.39 is 0 Å². The minimum Gasteiger partial charge on any atom is -0.489 e. The molecule has 2 rings (SSSR count). The lowest BCUT2D eigenvalue weighted by Gasteiger charge is -2.10. The van der Waals surface area contributed by atoms with Gasteiger partial charge >= 0.3 is 0 Å². The average Bonchev–Trinajstić information content (AvgIpc) is 2.47. The third-order valence-electron chi connectivity index (χ3n) is 3.10. The smallest absolute Gasteiger partial charge is 0.123 e. The minimum absolute atomic E-state index is 0. The van der Waals surface area contributed by atoms with Gasteiger partial charge in [-0.3, -0.25) is 0 Å². The summed E-state index contributed by atoms with van der Waals surface area (Å²) in [4.78, 5) is 0. The van der Waals surface area contributed by atoms with Crippen LogP contribution in [-0.2, 0) is 13.2 Å². The van der Waals surface area contributed by atoms with E-state index in [0.29, 0.717) is 12.5 Å². The summed E-state index contributed by atoms with van der Waals surface area (Å²) in [5, 5.41) is 3.41. The van der Waals surface area contributed by atoms with Crippen LogP contribution in [0, 0.1) is 11.7 Å². The maximum Gasteiger partial charge on any atom is 0.123 e. The molecule has 2 aromatic carbocycles. The first-order chi connectivity index (χ1) is 10.1. The normalized spacial score (nSPS) is 10.4. The molecule has 0 aromatic heterocycles. The second-order valence-corrected chi connectivity index (χ2v) is 5.59. The Kier molecular flexibility index (Phi) is 7.92. The summed E-state index contributed by atoms with van der Waals surface area (Å²) in [5.41, 5.74) is 2.16. The van der Waals surface area contributed by atoms with Crippen LogP contribution in [0.5, 0.6) is 5.75 Å². The Morgan fingerprint density at radius 1 is 1.05 bits per heavy atom. The van der Waals surface area contributed by atoms with Crippen LogP contribution in [0.15, 0.2) is 48.5 Å². The first-order valence-corrected chi connectivity index (χ1v) is 7.30. The van der Waals surface area contributed by atoms with E-state index in [1.165, 1.54) is 17.7 Å². The van der Waals surface area contributed by atoms with Crippen LogP contribution in [0.25, 0.3) is 0 Å². The molecule has 22 heavy (non-hydrogen) atoms. The van der Waals surface area contributed by atoms with Gasteiger partial charge < -0.3 is 10.1 Å². The third-order valence-corrected chi connectivity index (χ3v) is 3.10. The van der Waals surface area contributed by atoms with Crippen molar-refractivity contribution in [2.45, 2.75) is 27.0 Å². The molecule has 0 unspecified atom stereocenters. The van der Waals surface area contributed by atoms with Crippen molar-refractivity contribution >= 4 is 12.4 Å². The second kappa shape index (κ2) is 9.44. The highest BCUT2D eigenvalue weighted by molar-refractivity contribution is 5.85. The number of benzene rings is 2. The third kappa shape index (κ3) is 6.46. The van der Waals surface area contributed by atoms with Crippen molar-refractivity contribution in [1.29, 1.82) is 0 Å². The number of halogens is 2.